The van der Waals surface area contributed by atoms with E-state index in [4.69, 9.17) is 14.9 Å². The first-order chi connectivity index (χ1) is 4.66. The monoisotopic (exact) mass is 150 g/mol. The van der Waals surface area contributed by atoms with Crippen LogP contribution >= 0.6 is 0 Å². The van der Waals surface area contributed by atoms with E-state index in [1.807, 2.05) is 0 Å². The lowest BCUT2D eigenvalue weighted by molar-refractivity contribution is -0.00429. The Morgan fingerprint density at radius 3 is 2.40 bits per heavy atom. The van der Waals surface area contributed by atoms with Gasteiger partial charge >= 0.3 is 0 Å². The van der Waals surface area contributed by atoms with Gasteiger partial charge < -0.3 is 14.9 Å². The lowest BCUT2D eigenvalue weighted by Gasteiger charge is -2.07. The minimum absolute atomic E-state index is 0.372. The summed E-state index contributed by atoms with van der Waals surface area (Å²) in [7, 11) is 0. The van der Waals surface area contributed by atoms with Crippen molar-refractivity contribution in [2.45, 2.75) is 31.4 Å². The average molecular weight is 150 g/mol. The third-order valence-corrected chi connectivity index (χ3v) is 1.73. The second-order valence-corrected chi connectivity index (χ2v) is 2.50. The standard InChI is InChI=1S/C6H11FO3/c1-3-6(9)5(7)4(2-8)10-3/h3-6,8-9H,2H2,1H3/t3-,4?,5+,6-/m0/s1. The summed E-state index contributed by atoms with van der Waals surface area (Å²) in [6.45, 7) is 1.20. The minimum atomic E-state index is -1.44. The van der Waals surface area contributed by atoms with Gasteiger partial charge in [-0.2, -0.15) is 0 Å². The molecule has 0 aromatic rings. The maximum atomic E-state index is 12.7. The van der Waals surface area contributed by atoms with Crippen LogP contribution in [0.3, 0.4) is 0 Å². The highest BCUT2D eigenvalue weighted by molar-refractivity contribution is 4.88. The predicted molar refractivity (Wildman–Crippen MR) is 32.3 cm³/mol. The molecule has 4 atom stereocenters. The molecule has 10 heavy (non-hydrogen) atoms. The van der Waals surface area contributed by atoms with E-state index >= 15 is 0 Å². The van der Waals surface area contributed by atoms with Gasteiger partial charge in [0.05, 0.1) is 12.7 Å². The topological polar surface area (TPSA) is 49.7 Å². The molecule has 0 aliphatic carbocycles. The highest BCUT2D eigenvalue weighted by Crippen LogP contribution is 2.22. The number of halogens is 1. The maximum Gasteiger partial charge on any atom is 0.157 e. The van der Waals surface area contributed by atoms with Crippen LogP contribution in [0.5, 0.6) is 0 Å². The summed E-state index contributed by atoms with van der Waals surface area (Å²) in [5.41, 5.74) is 0. The number of alkyl halides is 1. The largest absolute Gasteiger partial charge is 0.394 e. The summed E-state index contributed by atoms with van der Waals surface area (Å²) in [6.07, 6.45) is -3.88. The number of hydrogen-bond donors (Lipinski definition) is 2. The fourth-order valence-corrected chi connectivity index (χ4v) is 1.05. The van der Waals surface area contributed by atoms with Crippen molar-refractivity contribution in [2.24, 2.45) is 0 Å². The fourth-order valence-electron chi connectivity index (χ4n) is 1.05. The van der Waals surface area contributed by atoms with Gasteiger partial charge in [0.1, 0.15) is 12.2 Å². The molecule has 2 N–H and O–H groups in total. The molecular weight excluding hydrogens is 139 g/mol. The Morgan fingerprint density at radius 1 is 1.60 bits per heavy atom. The number of rotatable bonds is 1. The second kappa shape index (κ2) is 2.82. The van der Waals surface area contributed by atoms with Crippen molar-refractivity contribution in [3.63, 3.8) is 0 Å². The Labute approximate surface area is 58.4 Å². The van der Waals surface area contributed by atoms with Gasteiger partial charge in [-0.3, -0.25) is 0 Å². The smallest absolute Gasteiger partial charge is 0.157 e. The Morgan fingerprint density at radius 2 is 2.20 bits per heavy atom. The van der Waals surface area contributed by atoms with Crippen molar-refractivity contribution in [2.75, 3.05) is 6.61 Å². The zero-order valence-corrected chi connectivity index (χ0v) is 5.70. The minimum Gasteiger partial charge on any atom is -0.394 e. The highest BCUT2D eigenvalue weighted by atomic mass is 19.1. The Bertz CT molecular complexity index is 120. The van der Waals surface area contributed by atoms with Gasteiger partial charge in [0.25, 0.3) is 0 Å². The summed E-state index contributed by atoms with van der Waals surface area (Å²) in [6, 6.07) is 0. The van der Waals surface area contributed by atoms with Crippen molar-refractivity contribution >= 4 is 0 Å². The van der Waals surface area contributed by atoms with E-state index in [0.717, 1.165) is 0 Å². The molecule has 3 nitrogen and oxygen atoms in total. The van der Waals surface area contributed by atoms with Crippen LogP contribution in [0.15, 0.2) is 0 Å². The molecule has 0 spiro atoms. The molecule has 1 aliphatic rings. The van der Waals surface area contributed by atoms with Crippen molar-refractivity contribution in [1.82, 2.24) is 0 Å². The van der Waals surface area contributed by atoms with Crippen molar-refractivity contribution < 1.29 is 19.3 Å². The predicted octanol–water partition coefficient (Wildman–Crippen LogP) is -0.535. The molecule has 0 saturated carbocycles. The van der Waals surface area contributed by atoms with Crippen LogP contribution in [0.25, 0.3) is 0 Å². The van der Waals surface area contributed by atoms with Gasteiger partial charge in [-0.1, -0.05) is 0 Å². The molecule has 0 aromatic heterocycles. The first-order valence-electron chi connectivity index (χ1n) is 3.25. The molecule has 60 valence electrons. The van der Waals surface area contributed by atoms with Gasteiger partial charge in [-0.05, 0) is 6.92 Å². The number of ether oxygens (including phenoxy) is 1. The molecule has 1 saturated heterocycles. The average Bonchev–Trinajstić information content (AvgIpc) is 2.17. The summed E-state index contributed by atoms with van der Waals surface area (Å²) < 4.78 is 17.6. The summed E-state index contributed by atoms with van der Waals surface area (Å²) >= 11 is 0. The molecular formula is C6H11FO3. The van der Waals surface area contributed by atoms with Crippen LogP contribution in [0, 0.1) is 0 Å². The van der Waals surface area contributed by atoms with Gasteiger partial charge in [0.15, 0.2) is 6.17 Å². The summed E-state index contributed by atoms with van der Waals surface area (Å²) in [5, 5.41) is 17.5. The van der Waals surface area contributed by atoms with E-state index < -0.39 is 24.5 Å². The molecule has 1 unspecified atom stereocenters. The zero-order chi connectivity index (χ0) is 7.72. The normalized spacial score (nSPS) is 48.0. The van der Waals surface area contributed by atoms with Gasteiger partial charge in [-0.15, -0.1) is 0 Å². The van der Waals surface area contributed by atoms with Gasteiger partial charge in [0.2, 0.25) is 0 Å². The van der Waals surface area contributed by atoms with Crippen LogP contribution in [0.1, 0.15) is 6.92 Å². The molecule has 0 bridgehead atoms. The van der Waals surface area contributed by atoms with E-state index in [1.165, 1.54) is 0 Å². The second-order valence-electron chi connectivity index (χ2n) is 2.50. The molecule has 0 amide bonds. The first-order valence-corrected chi connectivity index (χ1v) is 3.25. The quantitative estimate of drug-likeness (QED) is 0.528. The Kier molecular flexibility index (Phi) is 2.23. The van der Waals surface area contributed by atoms with Crippen LogP contribution in [0.4, 0.5) is 4.39 Å². The number of hydrogen-bond acceptors (Lipinski definition) is 3. The maximum absolute atomic E-state index is 12.7. The molecule has 0 radical (unpaired) electrons. The molecule has 4 heteroatoms. The third kappa shape index (κ3) is 1.14. The van der Waals surface area contributed by atoms with Crippen LogP contribution in [-0.4, -0.2) is 41.3 Å². The third-order valence-electron chi connectivity index (χ3n) is 1.73. The number of aliphatic hydroxyl groups excluding tert-OH is 2. The van der Waals surface area contributed by atoms with Crippen LogP contribution < -0.4 is 0 Å². The molecule has 1 rings (SSSR count). The molecule has 0 aromatic carbocycles. The van der Waals surface area contributed by atoms with Crippen LogP contribution in [-0.2, 0) is 4.74 Å². The van der Waals surface area contributed by atoms with Crippen molar-refractivity contribution in [3.8, 4) is 0 Å². The SMILES string of the molecule is C[C@@H]1OC(CO)[C@@H](F)[C@H]1O. The van der Waals surface area contributed by atoms with Crippen LogP contribution in [0.2, 0.25) is 0 Å². The molecule has 1 fully saturated rings. The molecule has 1 aliphatic heterocycles. The summed E-state index contributed by atoms with van der Waals surface area (Å²) in [4.78, 5) is 0. The van der Waals surface area contributed by atoms with E-state index in [2.05, 4.69) is 0 Å². The van der Waals surface area contributed by atoms with Gasteiger partial charge in [0, 0.05) is 0 Å². The molecule has 1 heterocycles. The van der Waals surface area contributed by atoms with E-state index in [-0.39, 0.29) is 6.61 Å². The van der Waals surface area contributed by atoms with Crippen molar-refractivity contribution in [3.05, 3.63) is 0 Å². The first kappa shape index (κ1) is 7.91. The summed E-state index contributed by atoms with van der Waals surface area (Å²) in [5.74, 6) is 0. The lowest BCUT2D eigenvalue weighted by atomic mass is 10.1. The van der Waals surface area contributed by atoms with Crippen molar-refractivity contribution in [1.29, 1.82) is 0 Å². The van der Waals surface area contributed by atoms with E-state index in [1.54, 1.807) is 6.92 Å². The Balaban J connectivity index is 2.53. The zero-order valence-electron chi connectivity index (χ0n) is 5.70. The highest BCUT2D eigenvalue weighted by Gasteiger charge is 2.41. The van der Waals surface area contributed by atoms with Gasteiger partial charge in [-0.25, -0.2) is 4.39 Å². The Hall–Kier alpha value is -0.190. The number of aliphatic hydroxyl groups is 2. The van der Waals surface area contributed by atoms with E-state index in [0.29, 0.717) is 0 Å². The fraction of sp³-hybridized carbons (Fsp3) is 1.00. The lowest BCUT2D eigenvalue weighted by Crippen LogP contribution is -2.29. The van der Waals surface area contributed by atoms with E-state index in [9.17, 15) is 4.39 Å².